The van der Waals surface area contributed by atoms with Crippen LogP contribution in [0, 0.1) is 22.7 Å². The average molecular weight is 331 g/mol. The normalized spacial score (nSPS) is 10.3. The molecule has 0 unspecified atom stereocenters. The Morgan fingerprint density at radius 3 is 2.36 bits per heavy atom. The van der Waals surface area contributed by atoms with Gasteiger partial charge < -0.3 is 10.1 Å². The standard InChI is InChI=1S/C19H13N3O3/c1-25-19(24)16-4-2-3-5-17(16)22-18(23)15(12-21)10-13-6-8-14(11-20)9-7-13/h2-10H,1H3,(H,22,23). The molecule has 2 aromatic carbocycles. The highest BCUT2D eigenvalue weighted by atomic mass is 16.5. The molecule has 1 N–H and O–H groups in total. The largest absolute Gasteiger partial charge is 0.465 e. The highest BCUT2D eigenvalue weighted by Gasteiger charge is 2.15. The highest BCUT2D eigenvalue weighted by molar-refractivity contribution is 6.11. The lowest BCUT2D eigenvalue weighted by molar-refractivity contribution is -0.112. The number of para-hydroxylation sites is 1. The predicted octanol–water partition coefficient (Wildman–Crippen LogP) is 2.89. The molecule has 2 aromatic rings. The molecule has 25 heavy (non-hydrogen) atoms. The van der Waals surface area contributed by atoms with Crippen LogP contribution < -0.4 is 5.32 Å². The number of nitriles is 2. The third-order valence-electron chi connectivity index (χ3n) is 3.30. The molecule has 0 aromatic heterocycles. The minimum atomic E-state index is -0.650. The lowest BCUT2D eigenvalue weighted by Crippen LogP contribution is -2.16. The van der Waals surface area contributed by atoms with Gasteiger partial charge in [-0.25, -0.2) is 4.79 Å². The second-order valence-electron chi connectivity index (χ2n) is 4.89. The number of hydrogen-bond donors (Lipinski definition) is 1. The van der Waals surface area contributed by atoms with Crippen molar-refractivity contribution >= 4 is 23.6 Å². The van der Waals surface area contributed by atoms with Crippen LogP contribution in [0.3, 0.4) is 0 Å². The van der Waals surface area contributed by atoms with E-state index in [2.05, 4.69) is 10.1 Å². The van der Waals surface area contributed by atoms with Crippen molar-refractivity contribution in [3.63, 3.8) is 0 Å². The van der Waals surface area contributed by atoms with E-state index in [0.29, 0.717) is 11.1 Å². The Hall–Kier alpha value is -3.90. The molecule has 0 heterocycles. The summed E-state index contributed by atoms with van der Waals surface area (Å²) in [5.41, 5.74) is 1.39. The number of rotatable bonds is 4. The fourth-order valence-electron chi connectivity index (χ4n) is 2.04. The molecule has 0 radical (unpaired) electrons. The zero-order valence-corrected chi connectivity index (χ0v) is 13.3. The first kappa shape index (κ1) is 17.5. The molecule has 0 bridgehead atoms. The number of nitrogens with one attached hydrogen (secondary N) is 1. The summed E-state index contributed by atoms with van der Waals surface area (Å²) in [6, 6.07) is 16.6. The third kappa shape index (κ3) is 4.31. The van der Waals surface area contributed by atoms with Gasteiger partial charge in [-0.2, -0.15) is 10.5 Å². The van der Waals surface area contributed by atoms with Crippen molar-refractivity contribution in [2.75, 3.05) is 12.4 Å². The monoisotopic (exact) mass is 331 g/mol. The van der Waals surface area contributed by atoms with Crippen molar-refractivity contribution in [3.05, 3.63) is 70.8 Å². The molecule has 6 nitrogen and oxygen atoms in total. The Kier molecular flexibility index (Phi) is 5.65. The van der Waals surface area contributed by atoms with Crippen LogP contribution in [0.25, 0.3) is 6.08 Å². The predicted molar refractivity (Wildman–Crippen MR) is 91.2 cm³/mol. The van der Waals surface area contributed by atoms with Crippen LogP contribution in [0.4, 0.5) is 5.69 Å². The first-order valence-electron chi connectivity index (χ1n) is 7.19. The van der Waals surface area contributed by atoms with E-state index >= 15 is 0 Å². The smallest absolute Gasteiger partial charge is 0.339 e. The van der Waals surface area contributed by atoms with E-state index in [0.717, 1.165) is 0 Å². The number of methoxy groups -OCH3 is 1. The van der Waals surface area contributed by atoms with E-state index in [1.54, 1.807) is 42.5 Å². The van der Waals surface area contributed by atoms with Gasteiger partial charge in [-0.05, 0) is 35.9 Å². The Balaban J connectivity index is 2.27. The Morgan fingerprint density at radius 1 is 1.08 bits per heavy atom. The van der Waals surface area contributed by atoms with Crippen LogP contribution in [-0.2, 0) is 9.53 Å². The maximum Gasteiger partial charge on any atom is 0.339 e. The number of hydrogen-bond acceptors (Lipinski definition) is 5. The molecule has 0 atom stereocenters. The molecule has 0 spiro atoms. The summed E-state index contributed by atoms with van der Waals surface area (Å²) in [5, 5.41) is 20.6. The quantitative estimate of drug-likeness (QED) is 0.527. The van der Waals surface area contributed by atoms with Gasteiger partial charge in [-0.15, -0.1) is 0 Å². The van der Waals surface area contributed by atoms with Gasteiger partial charge in [0.2, 0.25) is 0 Å². The fourth-order valence-corrected chi connectivity index (χ4v) is 2.04. The molecule has 1 amide bonds. The Morgan fingerprint density at radius 2 is 1.76 bits per heavy atom. The lowest BCUT2D eigenvalue weighted by atomic mass is 10.1. The van der Waals surface area contributed by atoms with Crippen molar-refractivity contribution in [3.8, 4) is 12.1 Å². The van der Waals surface area contributed by atoms with E-state index in [4.69, 9.17) is 5.26 Å². The van der Waals surface area contributed by atoms with Crippen LogP contribution in [0.5, 0.6) is 0 Å². The summed E-state index contributed by atoms with van der Waals surface area (Å²) in [6.07, 6.45) is 1.40. The SMILES string of the molecule is COC(=O)c1ccccc1NC(=O)C(C#N)=Cc1ccc(C#N)cc1. The molecule has 0 fully saturated rings. The topological polar surface area (TPSA) is 103 Å². The van der Waals surface area contributed by atoms with Gasteiger partial charge in [-0.1, -0.05) is 24.3 Å². The van der Waals surface area contributed by atoms with E-state index in [1.165, 1.54) is 19.3 Å². The third-order valence-corrected chi connectivity index (χ3v) is 3.30. The molecular weight excluding hydrogens is 318 g/mol. The first-order valence-corrected chi connectivity index (χ1v) is 7.19. The molecule has 122 valence electrons. The fraction of sp³-hybridized carbons (Fsp3) is 0.0526. The first-order chi connectivity index (χ1) is 12.1. The summed E-state index contributed by atoms with van der Waals surface area (Å²) in [7, 11) is 1.24. The number of anilines is 1. The van der Waals surface area contributed by atoms with Gasteiger partial charge >= 0.3 is 5.97 Å². The molecular formula is C19H13N3O3. The van der Waals surface area contributed by atoms with Gasteiger partial charge in [0, 0.05) is 0 Å². The van der Waals surface area contributed by atoms with Crippen LogP contribution in [0.15, 0.2) is 54.1 Å². The highest BCUT2D eigenvalue weighted by Crippen LogP contribution is 2.17. The Labute approximate surface area is 144 Å². The average Bonchev–Trinajstić information content (AvgIpc) is 2.66. The summed E-state index contributed by atoms with van der Waals surface area (Å²) in [6.45, 7) is 0. The van der Waals surface area contributed by atoms with Crippen molar-refractivity contribution < 1.29 is 14.3 Å². The zero-order valence-electron chi connectivity index (χ0n) is 13.3. The van der Waals surface area contributed by atoms with Gasteiger partial charge in [0.25, 0.3) is 5.91 Å². The second-order valence-corrected chi connectivity index (χ2v) is 4.89. The van der Waals surface area contributed by atoms with Gasteiger partial charge in [0.1, 0.15) is 11.6 Å². The van der Waals surface area contributed by atoms with E-state index in [1.807, 2.05) is 12.1 Å². The Bertz CT molecular complexity index is 916. The minimum Gasteiger partial charge on any atom is -0.465 e. The molecule has 2 rings (SSSR count). The van der Waals surface area contributed by atoms with Crippen molar-refractivity contribution in [2.45, 2.75) is 0 Å². The maximum atomic E-state index is 12.3. The molecule has 0 aliphatic heterocycles. The van der Waals surface area contributed by atoms with E-state index in [9.17, 15) is 14.9 Å². The number of benzene rings is 2. The number of esters is 1. The summed E-state index contributed by atoms with van der Waals surface area (Å²) in [5.74, 6) is -1.24. The lowest BCUT2D eigenvalue weighted by Gasteiger charge is -2.09. The van der Waals surface area contributed by atoms with Crippen molar-refractivity contribution in [2.24, 2.45) is 0 Å². The van der Waals surface area contributed by atoms with Crippen LogP contribution in [-0.4, -0.2) is 19.0 Å². The molecule has 0 aliphatic rings. The summed E-state index contributed by atoms with van der Waals surface area (Å²) >= 11 is 0. The van der Waals surface area contributed by atoms with Crippen molar-refractivity contribution in [1.29, 1.82) is 10.5 Å². The van der Waals surface area contributed by atoms with Crippen molar-refractivity contribution in [1.82, 2.24) is 0 Å². The zero-order chi connectivity index (χ0) is 18.2. The van der Waals surface area contributed by atoms with Crippen LogP contribution >= 0.6 is 0 Å². The van der Waals surface area contributed by atoms with Gasteiger partial charge in [0.05, 0.1) is 30.0 Å². The van der Waals surface area contributed by atoms with Gasteiger partial charge in [-0.3, -0.25) is 4.79 Å². The molecule has 6 heteroatoms. The molecule has 0 saturated heterocycles. The number of nitrogens with zero attached hydrogens (tertiary/aromatic N) is 2. The molecule has 0 saturated carbocycles. The second kappa shape index (κ2) is 8.09. The van der Waals surface area contributed by atoms with Gasteiger partial charge in [0.15, 0.2) is 0 Å². The number of amides is 1. The summed E-state index contributed by atoms with van der Waals surface area (Å²) in [4.78, 5) is 24.1. The minimum absolute atomic E-state index is 0.135. The molecule has 0 aliphatic carbocycles. The summed E-state index contributed by atoms with van der Waals surface area (Å²) < 4.78 is 4.67. The number of carbonyl (C=O) groups is 2. The van der Waals surface area contributed by atoms with E-state index in [-0.39, 0.29) is 16.8 Å². The number of carbonyl (C=O) groups excluding carboxylic acids is 2. The maximum absolute atomic E-state index is 12.3. The van der Waals surface area contributed by atoms with Crippen LogP contribution in [0.2, 0.25) is 0 Å². The number of ether oxygens (including phenoxy) is 1. The van der Waals surface area contributed by atoms with Crippen LogP contribution in [0.1, 0.15) is 21.5 Å². The van der Waals surface area contributed by atoms with E-state index < -0.39 is 11.9 Å².